The summed E-state index contributed by atoms with van der Waals surface area (Å²) in [5.74, 6) is 0.492. The number of benzene rings is 1. The largest absolute Gasteiger partial charge is 0.305 e. The zero-order chi connectivity index (χ0) is 13.8. The predicted octanol–water partition coefficient (Wildman–Crippen LogP) is 4.15. The number of nitrogens with zero attached hydrogens (tertiary/aromatic N) is 1. The van der Waals surface area contributed by atoms with Crippen LogP contribution in [0.5, 0.6) is 0 Å². The molecule has 1 heteroatoms. The lowest BCUT2D eigenvalue weighted by atomic mass is 9.85. The standard InChI is InChI=1S/C18H23N/c1-14-10-11-17(13-19(3)4)15(2)18(14)12-16-8-6-5-7-9-16/h5-12,14H,13H2,1-4H3. The van der Waals surface area contributed by atoms with E-state index in [0.717, 1.165) is 6.54 Å². The first-order chi connectivity index (χ1) is 9.08. The lowest BCUT2D eigenvalue weighted by Crippen LogP contribution is -2.18. The molecule has 0 heterocycles. The van der Waals surface area contributed by atoms with Crippen molar-refractivity contribution in [2.24, 2.45) is 5.92 Å². The van der Waals surface area contributed by atoms with Crippen molar-refractivity contribution >= 4 is 6.08 Å². The van der Waals surface area contributed by atoms with Crippen LogP contribution < -0.4 is 0 Å². The second-order valence-electron chi connectivity index (χ2n) is 5.55. The highest BCUT2D eigenvalue weighted by Gasteiger charge is 2.16. The minimum atomic E-state index is 0.492. The van der Waals surface area contributed by atoms with Gasteiger partial charge in [-0.1, -0.05) is 55.5 Å². The summed E-state index contributed by atoms with van der Waals surface area (Å²) in [7, 11) is 4.24. The van der Waals surface area contributed by atoms with Crippen molar-refractivity contribution in [1.82, 2.24) is 4.90 Å². The summed E-state index contributed by atoms with van der Waals surface area (Å²) >= 11 is 0. The van der Waals surface area contributed by atoms with Crippen LogP contribution in [0.4, 0.5) is 0 Å². The smallest absolute Gasteiger partial charge is 0.0230 e. The summed E-state index contributed by atoms with van der Waals surface area (Å²) < 4.78 is 0. The van der Waals surface area contributed by atoms with Crippen LogP contribution in [0.15, 0.2) is 59.2 Å². The second kappa shape index (κ2) is 6.03. The van der Waals surface area contributed by atoms with E-state index in [2.05, 4.69) is 81.4 Å². The van der Waals surface area contributed by atoms with Gasteiger partial charge in [0.25, 0.3) is 0 Å². The molecule has 1 nitrogen and oxygen atoms in total. The van der Waals surface area contributed by atoms with Crippen molar-refractivity contribution < 1.29 is 0 Å². The van der Waals surface area contributed by atoms with Crippen LogP contribution in [-0.4, -0.2) is 25.5 Å². The molecule has 1 aliphatic rings. The van der Waals surface area contributed by atoms with Crippen molar-refractivity contribution in [3.05, 3.63) is 64.8 Å². The Morgan fingerprint density at radius 3 is 2.47 bits per heavy atom. The molecule has 0 radical (unpaired) electrons. The van der Waals surface area contributed by atoms with Gasteiger partial charge in [-0.2, -0.15) is 0 Å². The van der Waals surface area contributed by atoms with Crippen molar-refractivity contribution in [2.45, 2.75) is 13.8 Å². The van der Waals surface area contributed by atoms with Gasteiger partial charge in [-0.05, 0) is 49.2 Å². The SMILES string of the molecule is CC1=C(CN(C)C)C=CC(C)C1=Cc1ccccc1. The lowest BCUT2D eigenvalue weighted by Gasteiger charge is -2.23. The van der Waals surface area contributed by atoms with Gasteiger partial charge in [-0.3, -0.25) is 0 Å². The topological polar surface area (TPSA) is 3.24 Å². The van der Waals surface area contributed by atoms with Gasteiger partial charge >= 0.3 is 0 Å². The molecule has 1 aliphatic carbocycles. The van der Waals surface area contributed by atoms with E-state index in [1.165, 1.54) is 22.3 Å². The van der Waals surface area contributed by atoms with Gasteiger partial charge in [-0.15, -0.1) is 0 Å². The number of likely N-dealkylation sites (N-methyl/N-ethyl adjacent to an activating group) is 1. The van der Waals surface area contributed by atoms with Gasteiger partial charge < -0.3 is 4.90 Å². The molecule has 0 N–H and O–H groups in total. The molecule has 1 unspecified atom stereocenters. The van der Waals surface area contributed by atoms with E-state index in [9.17, 15) is 0 Å². The summed E-state index contributed by atoms with van der Waals surface area (Å²) in [5, 5.41) is 0. The predicted molar refractivity (Wildman–Crippen MR) is 84.0 cm³/mol. The fraction of sp³-hybridized carbons (Fsp3) is 0.333. The molecule has 1 atom stereocenters. The Kier molecular flexibility index (Phi) is 4.39. The highest BCUT2D eigenvalue weighted by atomic mass is 15.0. The number of allylic oxidation sites excluding steroid dienone is 3. The first-order valence-electron chi connectivity index (χ1n) is 6.87. The third-order valence-corrected chi connectivity index (χ3v) is 3.60. The highest BCUT2D eigenvalue weighted by Crippen LogP contribution is 2.30. The van der Waals surface area contributed by atoms with Crippen LogP contribution in [0.1, 0.15) is 19.4 Å². The summed E-state index contributed by atoms with van der Waals surface area (Å²) in [6.45, 7) is 5.51. The first kappa shape index (κ1) is 13.8. The van der Waals surface area contributed by atoms with Crippen LogP contribution in [0.25, 0.3) is 6.08 Å². The minimum absolute atomic E-state index is 0.492. The third kappa shape index (κ3) is 3.45. The Hall–Kier alpha value is -1.60. The molecular weight excluding hydrogens is 230 g/mol. The molecule has 0 amide bonds. The van der Waals surface area contributed by atoms with Crippen LogP contribution in [-0.2, 0) is 0 Å². The molecule has 0 aliphatic heterocycles. The normalized spacial score (nSPS) is 21.5. The van der Waals surface area contributed by atoms with Crippen molar-refractivity contribution in [3.63, 3.8) is 0 Å². The van der Waals surface area contributed by atoms with Gasteiger partial charge in [0.05, 0.1) is 0 Å². The molecule has 100 valence electrons. The number of hydrogen-bond acceptors (Lipinski definition) is 1. The van der Waals surface area contributed by atoms with Crippen LogP contribution in [0, 0.1) is 5.92 Å². The monoisotopic (exact) mass is 253 g/mol. The van der Waals surface area contributed by atoms with Crippen molar-refractivity contribution in [3.8, 4) is 0 Å². The fourth-order valence-corrected chi connectivity index (χ4v) is 2.50. The molecule has 1 aromatic carbocycles. The summed E-state index contributed by atoms with van der Waals surface area (Å²) in [6.07, 6.45) is 6.90. The van der Waals surface area contributed by atoms with Gasteiger partial charge in [0, 0.05) is 6.54 Å². The van der Waals surface area contributed by atoms with E-state index < -0.39 is 0 Å². The Labute approximate surface area is 116 Å². The average molecular weight is 253 g/mol. The molecule has 2 rings (SSSR count). The minimum Gasteiger partial charge on any atom is -0.305 e. The van der Waals surface area contributed by atoms with E-state index in [-0.39, 0.29) is 0 Å². The molecule has 0 aromatic heterocycles. The molecule has 0 spiro atoms. The zero-order valence-electron chi connectivity index (χ0n) is 12.4. The van der Waals surface area contributed by atoms with Gasteiger partial charge in [0.1, 0.15) is 0 Å². The van der Waals surface area contributed by atoms with Gasteiger partial charge in [-0.25, -0.2) is 0 Å². The van der Waals surface area contributed by atoms with Crippen molar-refractivity contribution in [1.29, 1.82) is 0 Å². The molecule has 0 saturated carbocycles. The highest BCUT2D eigenvalue weighted by molar-refractivity contribution is 5.62. The number of hydrogen-bond donors (Lipinski definition) is 0. The Bertz CT molecular complexity index is 518. The molecule has 1 aromatic rings. The average Bonchev–Trinajstić information content (AvgIpc) is 2.39. The van der Waals surface area contributed by atoms with Crippen molar-refractivity contribution in [2.75, 3.05) is 20.6 Å². The van der Waals surface area contributed by atoms with E-state index in [1.54, 1.807) is 0 Å². The van der Waals surface area contributed by atoms with E-state index in [4.69, 9.17) is 0 Å². The van der Waals surface area contributed by atoms with E-state index >= 15 is 0 Å². The quantitative estimate of drug-likeness (QED) is 0.782. The molecule has 19 heavy (non-hydrogen) atoms. The first-order valence-corrected chi connectivity index (χ1v) is 6.87. The lowest BCUT2D eigenvalue weighted by molar-refractivity contribution is 0.447. The second-order valence-corrected chi connectivity index (χ2v) is 5.55. The molecule has 0 bridgehead atoms. The third-order valence-electron chi connectivity index (χ3n) is 3.60. The summed E-state index contributed by atoms with van der Waals surface area (Å²) in [6, 6.07) is 10.6. The Morgan fingerprint density at radius 1 is 1.16 bits per heavy atom. The Balaban J connectivity index is 2.36. The van der Waals surface area contributed by atoms with E-state index in [1.807, 2.05) is 0 Å². The van der Waals surface area contributed by atoms with Crippen LogP contribution in [0.2, 0.25) is 0 Å². The van der Waals surface area contributed by atoms with Gasteiger partial charge in [0.2, 0.25) is 0 Å². The zero-order valence-corrected chi connectivity index (χ0v) is 12.4. The maximum Gasteiger partial charge on any atom is 0.0230 e. The maximum absolute atomic E-state index is 2.32. The maximum atomic E-state index is 2.32. The fourth-order valence-electron chi connectivity index (χ4n) is 2.50. The van der Waals surface area contributed by atoms with Crippen LogP contribution in [0.3, 0.4) is 0 Å². The van der Waals surface area contributed by atoms with Gasteiger partial charge in [0.15, 0.2) is 0 Å². The van der Waals surface area contributed by atoms with E-state index in [0.29, 0.717) is 5.92 Å². The Morgan fingerprint density at radius 2 is 1.84 bits per heavy atom. The van der Waals surface area contributed by atoms with Crippen LogP contribution >= 0.6 is 0 Å². The summed E-state index contributed by atoms with van der Waals surface area (Å²) in [5.41, 5.74) is 5.56. The summed E-state index contributed by atoms with van der Waals surface area (Å²) in [4.78, 5) is 2.22. The molecule has 0 fully saturated rings. The molecular formula is C18H23N. The number of rotatable bonds is 3. The molecule has 0 saturated heterocycles.